The summed E-state index contributed by atoms with van der Waals surface area (Å²) < 4.78 is 0. The normalized spacial score (nSPS) is 24.4. The zero-order chi connectivity index (χ0) is 14.1. The lowest BCUT2D eigenvalue weighted by Crippen LogP contribution is -2.29. The molecule has 3 rings (SSSR count). The molecule has 2 heteroatoms. The molecule has 104 valence electrons. The van der Waals surface area contributed by atoms with E-state index in [1.54, 1.807) is 0 Å². The molecule has 0 radical (unpaired) electrons. The number of nitrogens with zero attached hydrogens (tertiary/aromatic N) is 2. The average Bonchev–Trinajstić information content (AvgIpc) is 2.84. The van der Waals surface area contributed by atoms with Gasteiger partial charge in [0, 0.05) is 25.4 Å². The molecule has 0 aromatic carbocycles. The number of hydrogen-bond donors (Lipinski definition) is 0. The SMILES string of the molecule is CCC1=CN(C)C2C=CC=C(c3cnccc3CC)[C@H]12. The van der Waals surface area contributed by atoms with Crippen molar-refractivity contribution in [2.24, 2.45) is 5.92 Å². The first-order valence-electron chi connectivity index (χ1n) is 7.50. The van der Waals surface area contributed by atoms with Crippen molar-refractivity contribution >= 4 is 5.57 Å². The predicted octanol–water partition coefficient (Wildman–Crippen LogP) is 3.82. The summed E-state index contributed by atoms with van der Waals surface area (Å²) >= 11 is 0. The van der Waals surface area contributed by atoms with Crippen LogP contribution in [0.25, 0.3) is 5.57 Å². The Labute approximate surface area is 121 Å². The summed E-state index contributed by atoms with van der Waals surface area (Å²) in [5.41, 5.74) is 5.67. The molecule has 1 aliphatic carbocycles. The molecule has 2 heterocycles. The van der Waals surface area contributed by atoms with Crippen LogP contribution in [0.2, 0.25) is 0 Å². The van der Waals surface area contributed by atoms with Crippen LogP contribution in [-0.2, 0) is 6.42 Å². The first-order valence-corrected chi connectivity index (χ1v) is 7.50. The molecule has 1 aromatic rings. The van der Waals surface area contributed by atoms with Crippen molar-refractivity contribution in [3.8, 4) is 0 Å². The molecule has 0 saturated carbocycles. The van der Waals surface area contributed by atoms with E-state index < -0.39 is 0 Å². The van der Waals surface area contributed by atoms with E-state index in [-0.39, 0.29) is 0 Å². The lowest BCUT2D eigenvalue weighted by atomic mass is 9.79. The van der Waals surface area contributed by atoms with Gasteiger partial charge in [-0.15, -0.1) is 0 Å². The quantitative estimate of drug-likeness (QED) is 0.826. The van der Waals surface area contributed by atoms with Gasteiger partial charge in [0.2, 0.25) is 0 Å². The van der Waals surface area contributed by atoms with Crippen LogP contribution in [0, 0.1) is 5.92 Å². The molecule has 0 fully saturated rings. The number of allylic oxidation sites excluding steroid dienone is 2. The van der Waals surface area contributed by atoms with Crippen molar-refractivity contribution < 1.29 is 0 Å². The third kappa shape index (κ3) is 2.00. The van der Waals surface area contributed by atoms with Gasteiger partial charge in [-0.05, 0) is 47.4 Å². The molecule has 0 amide bonds. The van der Waals surface area contributed by atoms with E-state index >= 15 is 0 Å². The Bertz CT molecular complexity index is 595. The van der Waals surface area contributed by atoms with Gasteiger partial charge in [0.25, 0.3) is 0 Å². The van der Waals surface area contributed by atoms with Crippen LogP contribution < -0.4 is 0 Å². The molecule has 0 N–H and O–H groups in total. The highest BCUT2D eigenvalue weighted by Crippen LogP contribution is 2.42. The summed E-state index contributed by atoms with van der Waals surface area (Å²) in [6.45, 7) is 4.47. The topological polar surface area (TPSA) is 16.1 Å². The van der Waals surface area contributed by atoms with Gasteiger partial charge in [-0.3, -0.25) is 4.98 Å². The Morgan fingerprint density at radius 3 is 2.85 bits per heavy atom. The fraction of sp³-hybridized carbons (Fsp3) is 0.389. The lowest BCUT2D eigenvalue weighted by Gasteiger charge is -2.30. The third-order valence-electron chi connectivity index (χ3n) is 4.51. The minimum Gasteiger partial charge on any atom is -0.373 e. The van der Waals surface area contributed by atoms with Gasteiger partial charge >= 0.3 is 0 Å². The molecule has 0 bridgehead atoms. The highest BCUT2D eigenvalue weighted by Gasteiger charge is 2.35. The maximum Gasteiger partial charge on any atom is 0.0574 e. The van der Waals surface area contributed by atoms with Crippen molar-refractivity contribution in [1.82, 2.24) is 9.88 Å². The van der Waals surface area contributed by atoms with Gasteiger partial charge in [0.05, 0.1) is 6.04 Å². The van der Waals surface area contributed by atoms with Crippen LogP contribution in [0.3, 0.4) is 0 Å². The number of rotatable bonds is 3. The van der Waals surface area contributed by atoms with E-state index in [9.17, 15) is 0 Å². The summed E-state index contributed by atoms with van der Waals surface area (Å²) in [4.78, 5) is 6.70. The van der Waals surface area contributed by atoms with Gasteiger partial charge in [-0.25, -0.2) is 0 Å². The Kier molecular flexibility index (Phi) is 3.47. The fourth-order valence-electron chi connectivity index (χ4n) is 3.45. The minimum absolute atomic E-state index is 0.467. The summed E-state index contributed by atoms with van der Waals surface area (Å²) in [5, 5.41) is 0. The third-order valence-corrected chi connectivity index (χ3v) is 4.51. The van der Waals surface area contributed by atoms with Gasteiger partial charge < -0.3 is 4.90 Å². The van der Waals surface area contributed by atoms with E-state index in [1.807, 2.05) is 12.4 Å². The minimum atomic E-state index is 0.467. The molecule has 1 unspecified atom stereocenters. The lowest BCUT2D eigenvalue weighted by molar-refractivity contribution is 0.382. The van der Waals surface area contributed by atoms with E-state index in [1.165, 1.54) is 22.3 Å². The Morgan fingerprint density at radius 1 is 1.25 bits per heavy atom. The predicted molar refractivity (Wildman–Crippen MR) is 84.1 cm³/mol. The van der Waals surface area contributed by atoms with Crippen molar-refractivity contribution in [3.05, 3.63) is 59.6 Å². The van der Waals surface area contributed by atoms with Crippen LogP contribution in [0.4, 0.5) is 0 Å². The summed E-state index contributed by atoms with van der Waals surface area (Å²) in [7, 11) is 2.18. The molecule has 2 atom stereocenters. The number of hydrogen-bond acceptors (Lipinski definition) is 2. The summed E-state index contributed by atoms with van der Waals surface area (Å²) in [6.07, 6.45) is 15.2. The summed E-state index contributed by atoms with van der Waals surface area (Å²) in [6, 6.07) is 2.62. The number of aromatic nitrogens is 1. The largest absolute Gasteiger partial charge is 0.373 e. The molecule has 1 aromatic heterocycles. The van der Waals surface area contributed by atoms with Crippen LogP contribution >= 0.6 is 0 Å². The van der Waals surface area contributed by atoms with Crippen molar-refractivity contribution in [1.29, 1.82) is 0 Å². The second-order valence-corrected chi connectivity index (χ2v) is 5.58. The second-order valence-electron chi connectivity index (χ2n) is 5.58. The van der Waals surface area contributed by atoms with Crippen molar-refractivity contribution in [2.45, 2.75) is 32.7 Å². The number of likely N-dealkylation sites (N-methyl/N-ethyl adjacent to an activating group) is 1. The van der Waals surface area contributed by atoms with E-state index in [2.05, 4.69) is 61.3 Å². The molecular formula is C18H22N2. The first kappa shape index (κ1) is 13.2. The zero-order valence-electron chi connectivity index (χ0n) is 12.5. The van der Waals surface area contributed by atoms with Gasteiger partial charge in [0.1, 0.15) is 0 Å². The number of aryl methyl sites for hydroxylation is 1. The Morgan fingerprint density at radius 2 is 2.10 bits per heavy atom. The molecule has 2 nitrogen and oxygen atoms in total. The smallest absolute Gasteiger partial charge is 0.0574 e. The van der Waals surface area contributed by atoms with E-state index in [0.717, 1.165) is 12.8 Å². The molecule has 0 saturated heterocycles. The summed E-state index contributed by atoms with van der Waals surface area (Å²) in [5.74, 6) is 0.490. The maximum atomic E-state index is 4.35. The average molecular weight is 266 g/mol. The number of pyridine rings is 1. The van der Waals surface area contributed by atoms with Crippen LogP contribution in [-0.4, -0.2) is 23.0 Å². The zero-order valence-corrected chi connectivity index (χ0v) is 12.5. The molecule has 20 heavy (non-hydrogen) atoms. The van der Waals surface area contributed by atoms with Gasteiger partial charge in [-0.2, -0.15) is 0 Å². The molecule has 0 spiro atoms. The first-order chi connectivity index (χ1) is 9.76. The fourth-order valence-corrected chi connectivity index (χ4v) is 3.45. The number of fused-ring (bicyclic) bond motifs is 1. The highest BCUT2D eigenvalue weighted by atomic mass is 15.1. The molecular weight excluding hydrogens is 244 g/mol. The van der Waals surface area contributed by atoms with Crippen molar-refractivity contribution in [2.75, 3.05) is 7.05 Å². The Hall–Kier alpha value is -1.83. The molecule has 1 aliphatic heterocycles. The Balaban J connectivity index is 2.07. The van der Waals surface area contributed by atoms with Crippen LogP contribution in [0.1, 0.15) is 31.4 Å². The van der Waals surface area contributed by atoms with E-state index in [0.29, 0.717) is 12.0 Å². The molecule has 2 aliphatic rings. The van der Waals surface area contributed by atoms with Gasteiger partial charge in [-0.1, -0.05) is 32.1 Å². The monoisotopic (exact) mass is 266 g/mol. The van der Waals surface area contributed by atoms with Crippen LogP contribution in [0.5, 0.6) is 0 Å². The van der Waals surface area contributed by atoms with Crippen molar-refractivity contribution in [3.63, 3.8) is 0 Å². The van der Waals surface area contributed by atoms with Crippen LogP contribution in [0.15, 0.2) is 48.5 Å². The van der Waals surface area contributed by atoms with E-state index in [4.69, 9.17) is 0 Å². The highest BCUT2D eigenvalue weighted by molar-refractivity contribution is 5.75. The van der Waals surface area contributed by atoms with Gasteiger partial charge in [0.15, 0.2) is 0 Å². The maximum absolute atomic E-state index is 4.35. The second kappa shape index (κ2) is 5.28. The standard InChI is InChI=1S/C18H22N2/c1-4-13-9-10-19-11-16(13)15-7-6-8-17-18(15)14(5-2)12-20(17)3/h6-12,17-18H,4-5H2,1-3H3/t17?,18-/m0/s1.